The maximum atomic E-state index is 5.84. The second kappa shape index (κ2) is 5.71. The van der Waals surface area contributed by atoms with Crippen LogP contribution in [0, 0.1) is 0 Å². The number of hydrogen-bond donors (Lipinski definition) is 1. The monoisotopic (exact) mass is 262 g/mol. The Morgan fingerprint density at radius 1 is 1.37 bits per heavy atom. The number of ether oxygens (including phenoxy) is 2. The minimum absolute atomic E-state index is 0.0401. The van der Waals surface area contributed by atoms with Gasteiger partial charge in [0.2, 0.25) is 0 Å². The summed E-state index contributed by atoms with van der Waals surface area (Å²) in [5.41, 5.74) is 6.84. The fourth-order valence-electron chi connectivity index (χ4n) is 1.67. The van der Waals surface area contributed by atoms with Gasteiger partial charge in [-0.1, -0.05) is 6.07 Å². The van der Waals surface area contributed by atoms with Crippen molar-refractivity contribution in [3.63, 3.8) is 0 Å². The Kier molecular flexibility index (Phi) is 4.01. The Balaban J connectivity index is 2.14. The molecule has 0 amide bonds. The molecule has 0 radical (unpaired) electrons. The fraction of sp³-hybridized carbons (Fsp3) is 0.385. The highest BCUT2D eigenvalue weighted by Gasteiger charge is 2.09. The standard InChI is InChI=1S/C13H18N4O2/c1-9(14)10-4-5-11(12(6-10)18-3)19-7-13-16-15-8-17(13)2/h4-6,8-9H,7,14H2,1-3H3/t9-/m0/s1. The van der Waals surface area contributed by atoms with Gasteiger partial charge < -0.3 is 19.8 Å². The molecule has 0 saturated heterocycles. The zero-order chi connectivity index (χ0) is 13.8. The van der Waals surface area contributed by atoms with E-state index in [0.717, 1.165) is 11.4 Å². The van der Waals surface area contributed by atoms with Gasteiger partial charge in [0.05, 0.1) is 7.11 Å². The molecular weight excluding hydrogens is 244 g/mol. The molecule has 0 aliphatic rings. The Morgan fingerprint density at radius 2 is 2.16 bits per heavy atom. The van der Waals surface area contributed by atoms with Gasteiger partial charge in [0.1, 0.15) is 12.9 Å². The van der Waals surface area contributed by atoms with Crippen LogP contribution < -0.4 is 15.2 Å². The molecule has 0 aliphatic carbocycles. The first-order valence-electron chi connectivity index (χ1n) is 6.01. The third-order valence-corrected chi connectivity index (χ3v) is 2.88. The van der Waals surface area contributed by atoms with Gasteiger partial charge in [-0.3, -0.25) is 0 Å². The number of aryl methyl sites for hydroxylation is 1. The highest BCUT2D eigenvalue weighted by Crippen LogP contribution is 2.30. The minimum atomic E-state index is -0.0401. The highest BCUT2D eigenvalue weighted by molar-refractivity contribution is 5.43. The average molecular weight is 262 g/mol. The van der Waals surface area contributed by atoms with Gasteiger partial charge in [-0.15, -0.1) is 10.2 Å². The molecule has 0 saturated carbocycles. The summed E-state index contributed by atoms with van der Waals surface area (Å²) in [5, 5.41) is 7.76. The first kappa shape index (κ1) is 13.4. The van der Waals surface area contributed by atoms with Crippen molar-refractivity contribution in [2.24, 2.45) is 12.8 Å². The van der Waals surface area contributed by atoms with Crippen LogP contribution in [0.5, 0.6) is 11.5 Å². The number of aromatic nitrogens is 3. The van der Waals surface area contributed by atoms with Crippen LogP contribution in [0.25, 0.3) is 0 Å². The Labute approximate surface area is 112 Å². The molecule has 1 aromatic carbocycles. The Hall–Kier alpha value is -2.08. The molecule has 1 atom stereocenters. The summed E-state index contributed by atoms with van der Waals surface area (Å²) in [6, 6.07) is 5.63. The zero-order valence-electron chi connectivity index (χ0n) is 11.3. The number of benzene rings is 1. The largest absolute Gasteiger partial charge is 0.493 e. The van der Waals surface area contributed by atoms with Gasteiger partial charge in [0.15, 0.2) is 17.3 Å². The summed E-state index contributed by atoms with van der Waals surface area (Å²) in [7, 11) is 3.48. The van der Waals surface area contributed by atoms with E-state index in [4.69, 9.17) is 15.2 Å². The van der Waals surface area contributed by atoms with Crippen molar-refractivity contribution in [3.8, 4) is 11.5 Å². The van der Waals surface area contributed by atoms with E-state index < -0.39 is 0 Å². The molecule has 0 fully saturated rings. The van der Waals surface area contributed by atoms with Gasteiger partial charge in [-0.2, -0.15) is 0 Å². The van der Waals surface area contributed by atoms with Crippen molar-refractivity contribution < 1.29 is 9.47 Å². The summed E-state index contributed by atoms with van der Waals surface area (Å²) in [6.45, 7) is 2.26. The molecule has 2 aromatic rings. The molecule has 2 rings (SSSR count). The normalized spacial score (nSPS) is 12.2. The van der Waals surface area contributed by atoms with Crippen molar-refractivity contribution >= 4 is 0 Å². The zero-order valence-corrected chi connectivity index (χ0v) is 11.3. The molecule has 0 spiro atoms. The van der Waals surface area contributed by atoms with E-state index in [9.17, 15) is 0 Å². The van der Waals surface area contributed by atoms with E-state index in [0.29, 0.717) is 18.1 Å². The molecule has 0 aliphatic heterocycles. The van der Waals surface area contributed by atoms with Crippen LogP contribution in [0.2, 0.25) is 0 Å². The molecule has 0 bridgehead atoms. The summed E-state index contributed by atoms with van der Waals surface area (Å²) in [4.78, 5) is 0. The molecule has 6 heteroatoms. The third kappa shape index (κ3) is 3.03. The van der Waals surface area contributed by atoms with Gasteiger partial charge >= 0.3 is 0 Å². The third-order valence-electron chi connectivity index (χ3n) is 2.88. The second-order valence-corrected chi connectivity index (χ2v) is 4.35. The lowest BCUT2D eigenvalue weighted by Gasteiger charge is -2.13. The number of hydrogen-bond acceptors (Lipinski definition) is 5. The van der Waals surface area contributed by atoms with Crippen molar-refractivity contribution in [1.29, 1.82) is 0 Å². The maximum Gasteiger partial charge on any atom is 0.170 e. The average Bonchev–Trinajstić information content (AvgIpc) is 2.81. The molecular formula is C13H18N4O2. The molecule has 1 heterocycles. The fourth-order valence-corrected chi connectivity index (χ4v) is 1.67. The topological polar surface area (TPSA) is 75.2 Å². The van der Waals surface area contributed by atoms with Crippen LogP contribution in [0.4, 0.5) is 0 Å². The van der Waals surface area contributed by atoms with E-state index in [1.807, 2.05) is 36.7 Å². The smallest absolute Gasteiger partial charge is 0.170 e. The van der Waals surface area contributed by atoms with Crippen LogP contribution in [0.3, 0.4) is 0 Å². The van der Waals surface area contributed by atoms with Gasteiger partial charge in [0.25, 0.3) is 0 Å². The lowest BCUT2D eigenvalue weighted by atomic mass is 10.1. The number of methoxy groups -OCH3 is 1. The maximum absolute atomic E-state index is 5.84. The molecule has 2 N–H and O–H groups in total. The van der Waals surface area contributed by atoms with E-state index in [2.05, 4.69) is 10.2 Å². The van der Waals surface area contributed by atoms with Crippen LogP contribution in [0.1, 0.15) is 24.4 Å². The summed E-state index contributed by atoms with van der Waals surface area (Å²) in [5.74, 6) is 2.07. The lowest BCUT2D eigenvalue weighted by molar-refractivity contribution is 0.272. The number of nitrogens with two attached hydrogens (primary N) is 1. The Bertz CT molecular complexity index is 551. The van der Waals surface area contributed by atoms with E-state index in [1.165, 1.54) is 0 Å². The van der Waals surface area contributed by atoms with Crippen molar-refractivity contribution in [2.75, 3.05) is 7.11 Å². The predicted octanol–water partition coefficient (Wildman–Crippen LogP) is 1.42. The molecule has 102 valence electrons. The SMILES string of the molecule is COc1cc([C@H](C)N)ccc1OCc1nncn1C. The van der Waals surface area contributed by atoms with Crippen LogP contribution in [-0.2, 0) is 13.7 Å². The van der Waals surface area contributed by atoms with Gasteiger partial charge in [0, 0.05) is 13.1 Å². The van der Waals surface area contributed by atoms with Crippen molar-refractivity contribution in [2.45, 2.75) is 19.6 Å². The summed E-state index contributed by atoms with van der Waals surface area (Å²) in [6.07, 6.45) is 1.63. The summed E-state index contributed by atoms with van der Waals surface area (Å²) < 4.78 is 12.8. The molecule has 6 nitrogen and oxygen atoms in total. The summed E-state index contributed by atoms with van der Waals surface area (Å²) >= 11 is 0. The van der Waals surface area contributed by atoms with Crippen molar-refractivity contribution in [1.82, 2.24) is 14.8 Å². The van der Waals surface area contributed by atoms with Gasteiger partial charge in [-0.05, 0) is 24.6 Å². The lowest BCUT2D eigenvalue weighted by Crippen LogP contribution is -2.07. The molecule has 0 unspecified atom stereocenters. The predicted molar refractivity (Wildman–Crippen MR) is 70.9 cm³/mol. The quantitative estimate of drug-likeness (QED) is 0.882. The first-order valence-corrected chi connectivity index (χ1v) is 6.01. The highest BCUT2D eigenvalue weighted by atomic mass is 16.5. The van der Waals surface area contributed by atoms with Crippen LogP contribution in [0.15, 0.2) is 24.5 Å². The van der Waals surface area contributed by atoms with E-state index >= 15 is 0 Å². The van der Waals surface area contributed by atoms with Crippen molar-refractivity contribution in [3.05, 3.63) is 35.9 Å². The van der Waals surface area contributed by atoms with Crippen LogP contribution in [-0.4, -0.2) is 21.9 Å². The molecule has 19 heavy (non-hydrogen) atoms. The minimum Gasteiger partial charge on any atom is -0.493 e. The number of nitrogens with zero attached hydrogens (tertiary/aromatic N) is 3. The van der Waals surface area contributed by atoms with E-state index in [1.54, 1.807) is 13.4 Å². The van der Waals surface area contributed by atoms with E-state index in [-0.39, 0.29) is 6.04 Å². The van der Waals surface area contributed by atoms with Gasteiger partial charge in [-0.25, -0.2) is 0 Å². The second-order valence-electron chi connectivity index (χ2n) is 4.35. The Morgan fingerprint density at radius 3 is 2.74 bits per heavy atom. The molecule has 1 aromatic heterocycles. The first-order chi connectivity index (χ1) is 9.11. The van der Waals surface area contributed by atoms with Crippen LogP contribution >= 0.6 is 0 Å². The number of rotatable bonds is 5.